The van der Waals surface area contributed by atoms with Gasteiger partial charge < -0.3 is 9.84 Å². The number of fused-ring (bicyclic) bond motifs is 1. The van der Waals surface area contributed by atoms with Gasteiger partial charge >= 0.3 is 0 Å². The van der Waals surface area contributed by atoms with Crippen LogP contribution in [0.5, 0.6) is 5.75 Å². The molecule has 1 heterocycles. The van der Waals surface area contributed by atoms with Gasteiger partial charge in [-0.05, 0) is 43.7 Å². The molecule has 18 heavy (non-hydrogen) atoms. The highest BCUT2D eigenvalue weighted by Gasteiger charge is 2.48. The summed E-state index contributed by atoms with van der Waals surface area (Å²) in [6.07, 6.45) is 5.03. The zero-order chi connectivity index (χ0) is 12.8. The summed E-state index contributed by atoms with van der Waals surface area (Å²) in [5.74, 6) is 1.45. The Morgan fingerprint density at radius 1 is 1.50 bits per heavy atom. The van der Waals surface area contributed by atoms with Crippen molar-refractivity contribution in [1.82, 2.24) is 0 Å². The Kier molecular flexibility index (Phi) is 3.15. The summed E-state index contributed by atoms with van der Waals surface area (Å²) >= 11 is 3.48. The molecule has 1 saturated carbocycles. The van der Waals surface area contributed by atoms with E-state index in [1.165, 1.54) is 12.8 Å². The molecule has 3 atom stereocenters. The van der Waals surface area contributed by atoms with Gasteiger partial charge in [-0.3, -0.25) is 0 Å². The number of benzene rings is 1. The van der Waals surface area contributed by atoms with E-state index in [1.54, 1.807) is 0 Å². The Morgan fingerprint density at radius 3 is 3.11 bits per heavy atom. The van der Waals surface area contributed by atoms with Crippen molar-refractivity contribution in [2.75, 3.05) is 0 Å². The van der Waals surface area contributed by atoms with Crippen LogP contribution in [-0.4, -0.2) is 10.7 Å². The van der Waals surface area contributed by atoms with Gasteiger partial charge in [-0.25, -0.2) is 0 Å². The largest absolute Gasteiger partial charge is 0.486 e. The maximum absolute atomic E-state index is 10.4. The summed E-state index contributed by atoms with van der Waals surface area (Å²) in [6, 6.07) is 5.92. The van der Waals surface area contributed by atoms with Gasteiger partial charge in [0.05, 0.1) is 6.10 Å². The van der Waals surface area contributed by atoms with Crippen LogP contribution in [-0.2, 0) is 0 Å². The van der Waals surface area contributed by atoms with Crippen LogP contribution in [0.1, 0.15) is 50.7 Å². The van der Waals surface area contributed by atoms with Crippen molar-refractivity contribution in [3.63, 3.8) is 0 Å². The minimum Gasteiger partial charge on any atom is -0.486 e. The molecule has 2 unspecified atom stereocenters. The van der Waals surface area contributed by atoms with Crippen molar-refractivity contribution in [3.8, 4) is 5.75 Å². The third-order valence-electron chi connectivity index (χ3n) is 4.58. The maximum atomic E-state index is 10.4. The molecule has 0 amide bonds. The first-order chi connectivity index (χ1) is 8.64. The number of hydrogen-bond acceptors (Lipinski definition) is 2. The number of hydrogen-bond donors (Lipinski definition) is 1. The first-order valence-corrected chi connectivity index (χ1v) is 7.60. The SMILES string of the molecule is CCC1CCCC12C[C@@H](O)c1ccc(Br)cc1O2. The lowest BCUT2D eigenvalue weighted by molar-refractivity contribution is -0.0411. The van der Waals surface area contributed by atoms with Crippen LogP contribution in [0.2, 0.25) is 0 Å². The summed E-state index contributed by atoms with van der Waals surface area (Å²) in [4.78, 5) is 0. The molecule has 1 aromatic carbocycles. The molecule has 0 aromatic heterocycles. The lowest BCUT2D eigenvalue weighted by Gasteiger charge is -2.42. The van der Waals surface area contributed by atoms with E-state index in [-0.39, 0.29) is 11.7 Å². The molecule has 0 saturated heterocycles. The molecule has 0 bridgehead atoms. The van der Waals surface area contributed by atoms with Crippen molar-refractivity contribution in [1.29, 1.82) is 0 Å². The van der Waals surface area contributed by atoms with Crippen molar-refractivity contribution in [3.05, 3.63) is 28.2 Å². The molecule has 1 aromatic rings. The van der Waals surface area contributed by atoms with E-state index in [2.05, 4.69) is 22.9 Å². The summed E-state index contributed by atoms with van der Waals surface area (Å²) in [5, 5.41) is 10.4. The first-order valence-electron chi connectivity index (χ1n) is 6.81. The molecule has 2 nitrogen and oxygen atoms in total. The van der Waals surface area contributed by atoms with Crippen LogP contribution < -0.4 is 4.74 Å². The van der Waals surface area contributed by atoms with E-state index < -0.39 is 0 Å². The fraction of sp³-hybridized carbons (Fsp3) is 0.600. The number of halogens is 1. The Labute approximate surface area is 116 Å². The molecule has 1 fully saturated rings. The monoisotopic (exact) mass is 310 g/mol. The molecule has 3 rings (SSSR count). The van der Waals surface area contributed by atoms with Crippen LogP contribution in [0.15, 0.2) is 22.7 Å². The molecule has 98 valence electrons. The Balaban J connectivity index is 1.99. The standard InChI is InChI=1S/C15H19BrO2/c1-2-10-4-3-7-15(10)9-13(17)12-6-5-11(16)8-14(12)18-15/h5-6,8,10,13,17H,2-4,7,9H2,1H3/t10?,13-,15?/m1/s1. The van der Waals surface area contributed by atoms with E-state index in [1.807, 2.05) is 18.2 Å². The van der Waals surface area contributed by atoms with Gasteiger partial charge in [0.15, 0.2) is 0 Å². The molecular formula is C15H19BrO2. The number of rotatable bonds is 1. The van der Waals surface area contributed by atoms with Gasteiger partial charge in [0, 0.05) is 16.5 Å². The molecule has 3 heteroatoms. The maximum Gasteiger partial charge on any atom is 0.127 e. The fourth-order valence-electron chi connectivity index (χ4n) is 3.66. The molecule has 1 aliphatic carbocycles. The highest BCUT2D eigenvalue weighted by Crippen LogP contribution is 2.51. The number of aliphatic hydroxyl groups excluding tert-OH is 1. The zero-order valence-electron chi connectivity index (χ0n) is 10.7. The lowest BCUT2D eigenvalue weighted by atomic mass is 9.80. The van der Waals surface area contributed by atoms with E-state index in [4.69, 9.17) is 4.74 Å². The van der Waals surface area contributed by atoms with E-state index >= 15 is 0 Å². The highest BCUT2D eigenvalue weighted by atomic mass is 79.9. The normalized spacial score (nSPS) is 34.4. The Morgan fingerprint density at radius 2 is 2.33 bits per heavy atom. The van der Waals surface area contributed by atoms with Crippen molar-refractivity contribution >= 4 is 15.9 Å². The Hall–Kier alpha value is -0.540. The van der Waals surface area contributed by atoms with E-state index in [9.17, 15) is 5.11 Å². The Bertz CT molecular complexity index is 460. The van der Waals surface area contributed by atoms with Crippen molar-refractivity contribution in [2.24, 2.45) is 5.92 Å². The van der Waals surface area contributed by atoms with Gasteiger partial charge in [-0.2, -0.15) is 0 Å². The second-order valence-corrected chi connectivity index (χ2v) is 6.48. The van der Waals surface area contributed by atoms with Crippen molar-refractivity contribution in [2.45, 2.75) is 50.7 Å². The molecule has 0 radical (unpaired) electrons. The predicted octanol–water partition coefficient (Wildman–Crippen LogP) is 4.21. The molecular weight excluding hydrogens is 292 g/mol. The summed E-state index contributed by atoms with van der Waals surface area (Å²) < 4.78 is 7.36. The first kappa shape index (κ1) is 12.5. The van der Waals surface area contributed by atoms with Gasteiger partial charge in [0.1, 0.15) is 11.4 Å². The smallest absolute Gasteiger partial charge is 0.127 e. The molecule has 1 spiro atoms. The molecule has 1 aliphatic heterocycles. The minimum atomic E-state index is -0.381. The fourth-order valence-corrected chi connectivity index (χ4v) is 4.00. The van der Waals surface area contributed by atoms with Crippen LogP contribution in [0.3, 0.4) is 0 Å². The second-order valence-electron chi connectivity index (χ2n) is 5.57. The van der Waals surface area contributed by atoms with Crippen LogP contribution >= 0.6 is 15.9 Å². The average Bonchev–Trinajstić information content (AvgIpc) is 2.70. The summed E-state index contributed by atoms with van der Waals surface area (Å²) in [5.41, 5.74) is 0.813. The topological polar surface area (TPSA) is 29.5 Å². The highest BCUT2D eigenvalue weighted by molar-refractivity contribution is 9.10. The van der Waals surface area contributed by atoms with E-state index in [0.29, 0.717) is 5.92 Å². The molecule has 1 N–H and O–H groups in total. The van der Waals surface area contributed by atoms with Crippen LogP contribution in [0.25, 0.3) is 0 Å². The lowest BCUT2D eigenvalue weighted by Crippen LogP contribution is -2.44. The minimum absolute atomic E-state index is 0.123. The van der Waals surface area contributed by atoms with Crippen molar-refractivity contribution < 1.29 is 9.84 Å². The summed E-state index contributed by atoms with van der Waals surface area (Å²) in [6.45, 7) is 2.23. The van der Waals surface area contributed by atoms with Gasteiger partial charge in [-0.1, -0.05) is 28.9 Å². The second kappa shape index (κ2) is 4.53. The quantitative estimate of drug-likeness (QED) is 0.841. The van der Waals surface area contributed by atoms with Gasteiger partial charge in [-0.15, -0.1) is 0 Å². The van der Waals surface area contributed by atoms with E-state index in [0.717, 1.165) is 35.0 Å². The average molecular weight is 311 g/mol. The van der Waals surface area contributed by atoms with Gasteiger partial charge in [0.2, 0.25) is 0 Å². The van der Waals surface area contributed by atoms with Crippen LogP contribution in [0.4, 0.5) is 0 Å². The number of aliphatic hydroxyl groups is 1. The summed E-state index contributed by atoms with van der Waals surface area (Å²) in [7, 11) is 0. The number of ether oxygens (including phenoxy) is 1. The molecule has 2 aliphatic rings. The van der Waals surface area contributed by atoms with Gasteiger partial charge in [0.25, 0.3) is 0 Å². The third kappa shape index (κ3) is 1.88. The zero-order valence-corrected chi connectivity index (χ0v) is 12.2. The predicted molar refractivity (Wildman–Crippen MR) is 74.7 cm³/mol. The third-order valence-corrected chi connectivity index (χ3v) is 5.07. The van der Waals surface area contributed by atoms with Crippen LogP contribution in [0, 0.1) is 5.92 Å².